The first-order chi connectivity index (χ1) is 15.2. The number of amides is 1. The number of pyridine rings is 1. The van der Waals surface area contributed by atoms with Crippen LogP contribution in [0.2, 0.25) is 0 Å². The average Bonchev–Trinajstić information content (AvgIpc) is 3.20. The van der Waals surface area contributed by atoms with Crippen LogP contribution in [0.3, 0.4) is 0 Å². The fourth-order valence-electron chi connectivity index (χ4n) is 3.47. The normalized spacial score (nSPS) is 10.8. The molecule has 0 saturated carbocycles. The van der Waals surface area contributed by atoms with Gasteiger partial charge in [-0.2, -0.15) is 0 Å². The molecule has 0 atom stereocenters. The summed E-state index contributed by atoms with van der Waals surface area (Å²) in [7, 11) is 0. The van der Waals surface area contributed by atoms with Crippen molar-refractivity contribution in [2.24, 2.45) is 0 Å². The maximum atomic E-state index is 14.4. The minimum atomic E-state index is -0.536. The first-order valence-corrected chi connectivity index (χ1v) is 10.1. The molecule has 4 rings (SSSR count). The SMILES string of the molecule is CCCN(c1ccncc1F)c1c[nH]c2ccc(OC(=O)NCc3ccccc3)cc12. The highest BCUT2D eigenvalue weighted by Gasteiger charge is 2.17. The van der Waals surface area contributed by atoms with E-state index in [9.17, 15) is 9.18 Å². The third kappa shape index (κ3) is 4.66. The van der Waals surface area contributed by atoms with Crippen LogP contribution in [-0.4, -0.2) is 22.6 Å². The number of hydrogen-bond acceptors (Lipinski definition) is 4. The van der Waals surface area contributed by atoms with Gasteiger partial charge in [0.25, 0.3) is 0 Å². The highest BCUT2D eigenvalue weighted by molar-refractivity contribution is 5.96. The molecule has 2 aromatic heterocycles. The van der Waals surface area contributed by atoms with E-state index in [1.165, 1.54) is 6.20 Å². The van der Waals surface area contributed by atoms with Crippen molar-refractivity contribution in [3.05, 3.63) is 84.6 Å². The summed E-state index contributed by atoms with van der Waals surface area (Å²) >= 11 is 0. The third-order valence-electron chi connectivity index (χ3n) is 4.90. The molecule has 6 nitrogen and oxygen atoms in total. The lowest BCUT2D eigenvalue weighted by Crippen LogP contribution is -2.26. The topological polar surface area (TPSA) is 70.2 Å². The summed E-state index contributed by atoms with van der Waals surface area (Å²) in [5.74, 6) is 0.0172. The summed E-state index contributed by atoms with van der Waals surface area (Å²) in [5.41, 5.74) is 3.10. The van der Waals surface area contributed by atoms with Gasteiger partial charge in [0, 0.05) is 36.4 Å². The lowest BCUT2D eigenvalue weighted by molar-refractivity contribution is 0.200. The molecule has 0 spiro atoms. The van der Waals surface area contributed by atoms with Crippen LogP contribution in [0, 0.1) is 5.82 Å². The fourth-order valence-corrected chi connectivity index (χ4v) is 3.47. The molecule has 31 heavy (non-hydrogen) atoms. The number of benzene rings is 2. The molecule has 1 amide bonds. The number of nitrogens with zero attached hydrogens (tertiary/aromatic N) is 2. The average molecular weight is 418 g/mol. The Balaban J connectivity index is 1.57. The molecule has 0 fully saturated rings. The van der Waals surface area contributed by atoms with Crippen molar-refractivity contribution < 1.29 is 13.9 Å². The fraction of sp³-hybridized carbons (Fsp3) is 0.167. The first kappa shape index (κ1) is 20.4. The zero-order valence-electron chi connectivity index (χ0n) is 17.1. The number of aromatic nitrogens is 2. The minimum Gasteiger partial charge on any atom is -0.410 e. The van der Waals surface area contributed by atoms with Gasteiger partial charge in [-0.3, -0.25) is 4.98 Å². The van der Waals surface area contributed by atoms with Gasteiger partial charge in [-0.05, 0) is 36.2 Å². The van der Waals surface area contributed by atoms with E-state index in [-0.39, 0.29) is 0 Å². The van der Waals surface area contributed by atoms with E-state index in [0.717, 1.165) is 28.6 Å². The number of ether oxygens (including phenoxy) is 1. The van der Waals surface area contributed by atoms with Crippen LogP contribution in [0.1, 0.15) is 18.9 Å². The molecule has 2 heterocycles. The van der Waals surface area contributed by atoms with E-state index in [4.69, 9.17) is 4.74 Å². The molecule has 0 radical (unpaired) electrons. The van der Waals surface area contributed by atoms with Crippen molar-refractivity contribution in [3.63, 3.8) is 0 Å². The molecule has 158 valence electrons. The molecular formula is C24H23FN4O2. The summed E-state index contributed by atoms with van der Waals surface area (Å²) in [5, 5.41) is 3.58. The Bertz CT molecular complexity index is 1180. The number of carbonyl (C=O) groups is 1. The van der Waals surface area contributed by atoms with Crippen molar-refractivity contribution in [2.75, 3.05) is 11.4 Å². The first-order valence-electron chi connectivity index (χ1n) is 10.1. The van der Waals surface area contributed by atoms with Crippen molar-refractivity contribution in [1.29, 1.82) is 0 Å². The second kappa shape index (κ2) is 9.30. The molecule has 0 aliphatic heterocycles. The van der Waals surface area contributed by atoms with E-state index in [2.05, 4.69) is 15.3 Å². The summed E-state index contributed by atoms with van der Waals surface area (Å²) in [4.78, 5) is 21.2. The molecule has 2 aromatic carbocycles. The highest BCUT2D eigenvalue weighted by Crippen LogP contribution is 2.35. The van der Waals surface area contributed by atoms with Crippen molar-refractivity contribution >= 4 is 28.4 Å². The molecule has 0 bridgehead atoms. The Hall–Kier alpha value is -3.87. The second-order valence-electron chi connectivity index (χ2n) is 7.09. The molecule has 4 aromatic rings. The van der Waals surface area contributed by atoms with Crippen LogP contribution >= 0.6 is 0 Å². The van der Waals surface area contributed by atoms with E-state index in [1.807, 2.05) is 54.4 Å². The summed E-state index contributed by atoms with van der Waals surface area (Å²) in [6.45, 7) is 3.03. The number of anilines is 2. The summed E-state index contributed by atoms with van der Waals surface area (Å²) in [6, 6.07) is 16.6. The molecule has 0 aliphatic rings. The maximum Gasteiger partial charge on any atom is 0.412 e. The number of rotatable bonds is 7. The number of nitrogens with one attached hydrogen (secondary N) is 2. The number of halogens is 1. The van der Waals surface area contributed by atoms with Crippen molar-refractivity contribution in [3.8, 4) is 5.75 Å². The lowest BCUT2D eigenvalue weighted by Gasteiger charge is -2.24. The lowest BCUT2D eigenvalue weighted by atomic mass is 10.2. The smallest absolute Gasteiger partial charge is 0.410 e. The Kier molecular flexibility index (Phi) is 6.12. The quantitative estimate of drug-likeness (QED) is 0.413. The molecule has 0 aliphatic carbocycles. The minimum absolute atomic E-state index is 0.378. The van der Waals surface area contributed by atoms with Gasteiger partial charge >= 0.3 is 6.09 Å². The molecule has 0 unspecified atom stereocenters. The molecular weight excluding hydrogens is 395 g/mol. The van der Waals surface area contributed by atoms with E-state index >= 15 is 0 Å². The number of carbonyl (C=O) groups excluding carboxylic acids is 1. The van der Waals surface area contributed by atoms with E-state index in [0.29, 0.717) is 24.5 Å². The highest BCUT2D eigenvalue weighted by atomic mass is 19.1. The Morgan fingerprint density at radius 3 is 2.77 bits per heavy atom. The van der Waals surface area contributed by atoms with Gasteiger partial charge in [0.2, 0.25) is 0 Å². The number of aromatic amines is 1. The zero-order valence-corrected chi connectivity index (χ0v) is 17.1. The Morgan fingerprint density at radius 2 is 2.00 bits per heavy atom. The largest absolute Gasteiger partial charge is 0.412 e. The van der Waals surface area contributed by atoms with Crippen LogP contribution in [0.15, 0.2) is 73.2 Å². The monoisotopic (exact) mass is 418 g/mol. The van der Waals surface area contributed by atoms with Gasteiger partial charge in [-0.15, -0.1) is 0 Å². The third-order valence-corrected chi connectivity index (χ3v) is 4.90. The predicted octanol–water partition coefficient (Wildman–Crippen LogP) is 5.54. The van der Waals surface area contributed by atoms with Crippen molar-refractivity contribution in [2.45, 2.75) is 19.9 Å². The number of H-pyrrole nitrogens is 1. The van der Waals surface area contributed by atoms with Crippen LogP contribution < -0.4 is 15.0 Å². The molecule has 0 saturated heterocycles. The van der Waals surface area contributed by atoms with Gasteiger partial charge in [-0.1, -0.05) is 37.3 Å². The predicted molar refractivity (Wildman–Crippen MR) is 119 cm³/mol. The van der Waals surface area contributed by atoms with Crippen molar-refractivity contribution in [1.82, 2.24) is 15.3 Å². The molecule has 2 N–H and O–H groups in total. The van der Waals surface area contributed by atoms with Gasteiger partial charge in [-0.25, -0.2) is 9.18 Å². The van der Waals surface area contributed by atoms with E-state index < -0.39 is 11.9 Å². The van der Waals surface area contributed by atoms with Gasteiger partial charge in [0.15, 0.2) is 5.82 Å². The Morgan fingerprint density at radius 1 is 1.16 bits per heavy atom. The molecule has 7 heteroatoms. The van der Waals surface area contributed by atoms with Crippen LogP contribution in [0.4, 0.5) is 20.6 Å². The van der Waals surface area contributed by atoms with Gasteiger partial charge in [0.1, 0.15) is 5.75 Å². The van der Waals surface area contributed by atoms with Crippen LogP contribution in [0.5, 0.6) is 5.75 Å². The van der Waals surface area contributed by atoms with E-state index in [1.54, 1.807) is 24.4 Å². The second-order valence-corrected chi connectivity index (χ2v) is 7.09. The summed E-state index contributed by atoms with van der Waals surface area (Å²) < 4.78 is 19.9. The number of fused-ring (bicyclic) bond motifs is 1. The Labute approximate surface area is 179 Å². The van der Waals surface area contributed by atoms with Gasteiger partial charge in [0.05, 0.1) is 17.6 Å². The standard InChI is InChI=1S/C24H23FN4O2/c1-2-12-29(22-10-11-26-15-20(22)25)23-16-27-21-9-8-18(13-19(21)23)31-24(30)28-14-17-6-4-3-5-7-17/h3-11,13,15-16,27H,2,12,14H2,1H3,(H,28,30). The van der Waals surface area contributed by atoms with Gasteiger partial charge < -0.3 is 19.9 Å². The zero-order chi connectivity index (χ0) is 21.6. The van der Waals surface area contributed by atoms with Crippen LogP contribution in [-0.2, 0) is 6.54 Å². The van der Waals surface area contributed by atoms with Crippen LogP contribution in [0.25, 0.3) is 10.9 Å². The maximum absolute atomic E-state index is 14.4. The summed E-state index contributed by atoms with van der Waals surface area (Å²) in [6.07, 6.45) is 4.90. The number of hydrogen-bond donors (Lipinski definition) is 2.